The molecule has 0 heterocycles. The summed E-state index contributed by atoms with van der Waals surface area (Å²) in [6.45, 7) is 0. The Labute approximate surface area is 263 Å². The Bertz CT molecular complexity index is 1730. The standard InChI is InChI=1S/C32H24N6O4S2/c39-37(40)25-16-12-23(13-17-25)33-31(43)35-29-10-3-1-8-27(29)21-6-5-7-22(20-21)28-9-2-4-11-30(28)36-32(44)34-24-14-18-26(19-15-24)38(41)42/h1-20H,(H2,33,35,43)(H2,34,36,44). The van der Waals surface area contributed by atoms with E-state index in [0.717, 1.165) is 33.6 Å². The molecule has 0 amide bonds. The number of nitro groups is 2. The molecule has 0 aromatic heterocycles. The molecule has 4 N–H and O–H groups in total. The Morgan fingerprint density at radius 2 is 0.886 bits per heavy atom. The molecule has 5 rings (SSSR count). The smallest absolute Gasteiger partial charge is 0.269 e. The van der Waals surface area contributed by atoms with Gasteiger partial charge in [-0.1, -0.05) is 54.6 Å². The van der Waals surface area contributed by atoms with Gasteiger partial charge in [-0.3, -0.25) is 20.2 Å². The van der Waals surface area contributed by atoms with E-state index in [1.165, 1.54) is 24.3 Å². The molecule has 0 spiro atoms. The Hall–Kier alpha value is -5.72. The van der Waals surface area contributed by atoms with Gasteiger partial charge in [0.05, 0.1) is 9.85 Å². The molecule has 44 heavy (non-hydrogen) atoms. The zero-order valence-corrected chi connectivity index (χ0v) is 24.5. The monoisotopic (exact) mass is 620 g/mol. The number of nitrogens with zero attached hydrogens (tertiary/aromatic N) is 2. The minimum atomic E-state index is -0.452. The molecule has 0 aliphatic heterocycles. The zero-order chi connectivity index (χ0) is 31.1. The first kappa shape index (κ1) is 29.8. The molecular formula is C32H24N6O4S2. The molecule has 0 saturated carbocycles. The summed E-state index contributed by atoms with van der Waals surface area (Å²) in [5.74, 6) is 0. The zero-order valence-electron chi connectivity index (χ0n) is 22.9. The Morgan fingerprint density at radius 1 is 0.500 bits per heavy atom. The summed E-state index contributed by atoms with van der Waals surface area (Å²) in [6.07, 6.45) is 0. The maximum atomic E-state index is 10.9. The lowest BCUT2D eigenvalue weighted by atomic mass is 9.97. The highest BCUT2D eigenvalue weighted by molar-refractivity contribution is 7.81. The van der Waals surface area contributed by atoms with Gasteiger partial charge >= 0.3 is 0 Å². The molecule has 0 aliphatic carbocycles. The van der Waals surface area contributed by atoms with Gasteiger partial charge in [-0.15, -0.1) is 0 Å². The van der Waals surface area contributed by atoms with Crippen molar-refractivity contribution >= 4 is 68.8 Å². The maximum Gasteiger partial charge on any atom is 0.269 e. The van der Waals surface area contributed by atoms with E-state index in [1.807, 2.05) is 66.7 Å². The van der Waals surface area contributed by atoms with Crippen molar-refractivity contribution in [2.75, 3.05) is 21.3 Å². The fourth-order valence-electron chi connectivity index (χ4n) is 4.44. The SMILES string of the molecule is O=[N+]([O-])c1ccc(NC(=S)Nc2ccccc2-c2cccc(-c3ccccc3NC(=S)Nc3ccc([N+](=O)[O-])cc3)c2)cc1. The molecule has 0 aliphatic rings. The second-order valence-corrected chi connectivity index (χ2v) is 10.3. The fraction of sp³-hybridized carbons (Fsp3) is 0. The molecule has 0 atom stereocenters. The number of benzene rings is 5. The number of para-hydroxylation sites is 2. The lowest BCUT2D eigenvalue weighted by molar-refractivity contribution is -0.385. The number of nitrogens with one attached hydrogen (secondary N) is 4. The first-order valence-electron chi connectivity index (χ1n) is 13.2. The van der Waals surface area contributed by atoms with Crippen molar-refractivity contribution in [1.29, 1.82) is 0 Å². The number of anilines is 4. The third-order valence-electron chi connectivity index (χ3n) is 6.51. The molecule has 0 fully saturated rings. The molecule has 0 bridgehead atoms. The van der Waals surface area contributed by atoms with Gasteiger partial charge in [0.1, 0.15) is 0 Å². The number of rotatable bonds is 8. The van der Waals surface area contributed by atoms with E-state index in [4.69, 9.17) is 24.4 Å². The quantitative estimate of drug-likeness (QED) is 0.0760. The molecule has 12 heteroatoms. The van der Waals surface area contributed by atoms with Crippen LogP contribution in [0.3, 0.4) is 0 Å². The molecule has 5 aromatic carbocycles. The maximum absolute atomic E-state index is 10.9. The second kappa shape index (κ2) is 13.5. The lowest BCUT2D eigenvalue weighted by Gasteiger charge is -2.16. The number of hydrogen-bond donors (Lipinski definition) is 4. The lowest BCUT2D eigenvalue weighted by Crippen LogP contribution is -2.19. The summed E-state index contributed by atoms with van der Waals surface area (Å²) < 4.78 is 0. The molecule has 218 valence electrons. The molecule has 0 saturated heterocycles. The van der Waals surface area contributed by atoms with Gasteiger partial charge in [0.2, 0.25) is 0 Å². The number of nitro benzene ring substituents is 2. The summed E-state index contributed by atoms with van der Waals surface area (Å²) in [5.41, 5.74) is 6.54. The van der Waals surface area contributed by atoms with Crippen LogP contribution in [0.2, 0.25) is 0 Å². The van der Waals surface area contributed by atoms with E-state index in [9.17, 15) is 20.2 Å². The first-order valence-corrected chi connectivity index (χ1v) is 14.0. The fourth-order valence-corrected chi connectivity index (χ4v) is 4.90. The van der Waals surface area contributed by atoms with Gasteiger partial charge < -0.3 is 21.3 Å². The van der Waals surface area contributed by atoms with Gasteiger partial charge in [-0.05, 0) is 78.0 Å². The normalized spacial score (nSPS) is 10.4. The van der Waals surface area contributed by atoms with E-state index in [2.05, 4.69) is 27.3 Å². The van der Waals surface area contributed by atoms with Gasteiger partial charge in [0.25, 0.3) is 11.4 Å². The summed E-state index contributed by atoms with van der Waals surface area (Å²) in [7, 11) is 0. The number of hydrogen-bond acceptors (Lipinski definition) is 6. The van der Waals surface area contributed by atoms with Crippen LogP contribution in [0.4, 0.5) is 34.1 Å². The molecular weight excluding hydrogens is 597 g/mol. The second-order valence-electron chi connectivity index (χ2n) is 9.44. The van der Waals surface area contributed by atoms with Gasteiger partial charge in [-0.25, -0.2) is 0 Å². The highest BCUT2D eigenvalue weighted by atomic mass is 32.1. The van der Waals surface area contributed by atoms with Crippen LogP contribution in [0.5, 0.6) is 0 Å². The van der Waals surface area contributed by atoms with E-state index in [0.29, 0.717) is 21.6 Å². The van der Waals surface area contributed by atoms with Gasteiger partial charge in [0.15, 0.2) is 10.2 Å². The van der Waals surface area contributed by atoms with Crippen LogP contribution < -0.4 is 21.3 Å². The third kappa shape index (κ3) is 7.37. The minimum absolute atomic E-state index is 0.000922. The van der Waals surface area contributed by atoms with Gasteiger partial charge in [-0.2, -0.15) is 0 Å². The molecule has 10 nitrogen and oxygen atoms in total. The van der Waals surface area contributed by atoms with Gasteiger partial charge in [0, 0.05) is 58.1 Å². The molecule has 0 unspecified atom stereocenters. The summed E-state index contributed by atoms with van der Waals surface area (Å²) in [6, 6.07) is 35.6. The van der Waals surface area contributed by atoms with Crippen LogP contribution in [0.15, 0.2) is 121 Å². The number of thiocarbonyl (C=S) groups is 2. The summed E-state index contributed by atoms with van der Waals surface area (Å²) in [5, 5.41) is 35.2. The largest absolute Gasteiger partial charge is 0.332 e. The van der Waals surface area contributed by atoms with E-state index in [-0.39, 0.29) is 11.4 Å². The van der Waals surface area contributed by atoms with Crippen LogP contribution in [0.25, 0.3) is 22.3 Å². The van der Waals surface area contributed by atoms with Crippen LogP contribution in [0.1, 0.15) is 0 Å². The average molecular weight is 621 g/mol. The van der Waals surface area contributed by atoms with Crippen LogP contribution >= 0.6 is 24.4 Å². The van der Waals surface area contributed by atoms with Crippen molar-refractivity contribution in [2.24, 2.45) is 0 Å². The van der Waals surface area contributed by atoms with Crippen LogP contribution in [0, 0.1) is 20.2 Å². The predicted octanol–water partition coefficient (Wildman–Crippen LogP) is 8.45. The van der Waals surface area contributed by atoms with Crippen molar-refractivity contribution in [3.05, 3.63) is 142 Å². The Balaban J connectivity index is 1.33. The highest BCUT2D eigenvalue weighted by Crippen LogP contribution is 2.34. The Morgan fingerprint density at radius 3 is 1.27 bits per heavy atom. The number of non-ortho nitro benzene ring substituents is 2. The predicted molar refractivity (Wildman–Crippen MR) is 183 cm³/mol. The topological polar surface area (TPSA) is 134 Å². The summed E-state index contributed by atoms with van der Waals surface area (Å²) in [4.78, 5) is 21.0. The van der Waals surface area contributed by atoms with Crippen LogP contribution in [-0.4, -0.2) is 20.1 Å². The molecule has 0 radical (unpaired) electrons. The molecule has 5 aromatic rings. The van der Waals surface area contributed by atoms with E-state index >= 15 is 0 Å². The van der Waals surface area contributed by atoms with Crippen LogP contribution in [-0.2, 0) is 0 Å². The third-order valence-corrected chi connectivity index (χ3v) is 6.92. The minimum Gasteiger partial charge on any atom is -0.332 e. The van der Waals surface area contributed by atoms with Crippen molar-refractivity contribution in [2.45, 2.75) is 0 Å². The summed E-state index contributed by atoms with van der Waals surface area (Å²) >= 11 is 11.0. The van der Waals surface area contributed by atoms with E-state index in [1.54, 1.807) is 24.3 Å². The average Bonchev–Trinajstić information content (AvgIpc) is 3.02. The van der Waals surface area contributed by atoms with E-state index < -0.39 is 9.85 Å². The Kier molecular flexibility index (Phi) is 9.13. The highest BCUT2D eigenvalue weighted by Gasteiger charge is 2.12. The first-order chi connectivity index (χ1) is 21.3. The van der Waals surface area contributed by atoms with Crippen molar-refractivity contribution in [3.63, 3.8) is 0 Å². The van der Waals surface area contributed by atoms with Crippen molar-refractivity contribution < 1.29 is 9.85 Å². The van der Waals surface area contributed by atoms with Crippen molar-refractivity contribution in [1.82, 2.24) is 0 Å². The van der Waals surface area contributed by atoms with Crippen molar-refractivity contribution in [3.8, 4) is 22.3 Å².